The lowest BCUT2D eigenvalue weighted by Crippen LogP contribution is -2.34. The Hall–Kier alpha value is -1.09. The molecule has 0 saturated heterocycles. The molecule has 0 radical (unpaired) electrons. The van der Waals surface area contributed by atoms with Gasteiger partial charge in [0.15, 0.2) is 0 Å². The zero-order valence-corrected chi connectivity index (χ0v) is 11.2. The lowest BCUT2D eigenvalue weighted by molar-refractivity contribution is 0.580. The standard InChI is InChI=1S/C14H23FN2/c1-5-10(3)17(6-2)13-9-7-8-12(15)14(13)11(4)16/h7-11H,5-6,16H2,1-4H3/t10?,11-/m0/s1. The molecular weight excluding hydrogens is 215 g/mol. The van der Waals surface area contributed by atoms with Gasteiger partial charge in [0.1, 0.15) is 5.82 Å². The van der Waals surface area contributed by atoms with Crippen LogP contribution < -0.4 is 10.6 Å². The third-order valence-electron chi connectivity index (χ3n) is 3.26. The molecule has 1 aromatic carbocycles. The highest BCUT2D eigenvalue weighted by Crippen LogP contribution is 2.29. The quantitative estimate of drug-likeness (QED) is 0.851. The van der Waals surface area contributed by atoms with E-state index < -0.39 is 0 Å². The highest BCUT2D eigenvalue weighted by Gasteiger charge is 2.19. The summed E-state index contributed by atoms with van der Waals surface area (Å²) in [6.07, 6.45) is 1.03. The molecule has 17 heavy (non-hydrogen) atoms. The number of halogens is 1. The maximum atomic E-state index is 13.9. The highest BCUT2D eigenvalue weighted by molar-refractivity contribution is 5.56. The maximum Gasteiger partial charge on any atom is 0.130 e. The number of rotatable bonds is 5. The van der Waals surface area contributed by atoms with Crippen molar-refractivity contribution in [3.63, 3.8) is 0 Å². The molecule has 2 nitrogen and oxygen atoms in total. The highest BCUT2D eigenvalue weighted by atomic mass is 19.1. The lowest BCUT2D eigenvalue weighted by atomic mass is 10.0. The average Bonchev–Trinajstić information content (AvgIpc) is 2.29. The SMILES string of the molecule is CCC(C)N(CC)c1cccc(F)c1[C@H](C)N. The molecule has 0 saturated carbocycles. The molecule has 0 aromatic heterocycles. The normalized spacial score (nSPS) is 14.5. The van der Waals surface area contributed by atoms with Crippen molar-refractivity contribution in [1.29, 1.82) is 0 Å². The largest absolute Gasteiger partial charge is 0.369 e. The van der Waals surface area contributed by atoms with Crippen LogP contribution in [0.5, 0.6) is 0 Å². The molecule has 0 bridgehead atoms. The van der Waals surface area contributed by atoms with E-state index >= 15 is 0 Å². The number of hydrogen-bond acceptors (Lipinski definition) is 2. The Morgan fingerprint density at radius 2 is 1.94 bits per heavy atom. The Morgan fingerprint density at radius 1 is 1.29 bits per heavy atom. The molecule has 0 heterocycles. The summed E-state index contributed by atoms with van der Waals surface area (Å²) in [6, 6.07) is 5.29. The van der Waals surface area contributed by atoms with Gasteiger partial charge >= 0.3 is 0 Å². The third kappa shape index (κ3) is 2.97. The second kappa shape index (κ2) is 6.01. The fourth-order valence-corrected chi connectivity index (χ4v) is 2.17. The van der Waals surface area contributed by atoms with Gasteiger partial charge in [-0.25, -0.2) is 4.39 Å². The van der Waals surface area contributed by atoms with Crippen LogP contribution in [0, 0.1) is 5.82 Å². The Labute approximate surface area is 104 Å². The summed E-state index contributed by atoms with van der Waals surface area (Å²) in [4.78, 5) is 2.21. The molecule has 0 aliphatic heterocycles. The van der Waals surface area contributed by atoms with Crippen LogP contribution >= 0.6 is 0 Å². The van der Waals surface area contributed by atoms with Crippen molar-refractivity contribution >= 4 is 5.69 Å². The summed E-state index contributed by atoms with van der Waals surface area (Å²) < 4.78 is 13.9. The molecule has 0 amide bonds. The predicted molar refractivity (Wildman–Crippen MR) is 71.8 cm³/mol. The van der Waals surface area contributed by atoms with E-state index in [2.05, 4.69) is 25.7 Å². The molecule has 0 spiro atoms. The topological polar surface area (TPSA) is 29.3 Å². The zero-order valence-electron chi connectivity index (χ0n) is 11.2. The second-order valence-corrected chi connectivity index (χ2v) is 4.50. The van der Waals surface area contributed by atoms with Crippen molar-refractivity contribution in [3.05, 3.63) is 29.6 Å². The summed E-state index contributed by atoms with van der Waals surface area (Å²) in [5, 5.41) is 0. The molecule has 1 unspecified atom stereocenters. The first-order valence-corrected chi connectivity index (χ1v) is 6.33. The van der Waals surface area contributed by atoms with Crippen molar-refractivity contribution in [1.82, 2.24) is 0 Å². The van der Waals surface area contributed by atoms with Crippen molar-refractivity contribution in [2.24, 2.45) is 5.73 Å². The fourth-order valence-electron chi connectivity index (χ4n) is 2.17. The van der Waals surface area contributed by atoms with Crippen LogP contribution in [0.25, 0.3) is 0 Å². The molecule has 3 heteroatoms. The van der Waals surface area contributed by atoms with E-state index in [1.807, 2.05) is 13.0 Å². The van der Waals surface area contributed by atoms with Crippen LogP contribution in [0.1, 0.15) is 45.7 Å². The smallest absolute Gasteiger partial charge is 0.130 e. The van der Waals surface area contributed by atoms with Crippen molar-refractivity contribution in [2.75, 3.05) is 11.4 Å². The first-order chi connectivity index (χ1) is 8.02. The number of nitrogens with zero attached hydrogens (tertiary/aromatic N) is 1. The van der Waals surface area contributed by atoms with Gasteiger partial charge in [0.05, 0.1) is 0 Å². The Balaban J connectivity index is 3.23. The van der Waals surface area contributed by atoms with E-state index in [0.717, 1.165) is 18.7 Å². The lowest BCUT2D eigenvalue weighted by Gasteiger charge is -2.32. The van der Waals surface area contributed by atoms with Gasteiger partial charge < -0.3 is 10.6 Å². The first-order valence-electron chi connectivity index (χ1n) is 6.33. The minimum Gasteiger partial charge on any atom is -0.369 e. The summed E-state index contributed by atoms with van der Waals surface area (Å²) in [5.41, 5.74) is 7.43. The van der Waals surface area contributed by atoms with Gasteiger partial charge in [-0.1, -0.05) is 13.0 Å². The third-order valence-corrected chi connectivity index (χ3v) is 3.26. The number of nitrogens with two attached hydrogens (primary N) is 1. The molecule has 96 valence electrons. The van der Waals surface area contributed by atoms with Crippen LogP contribution in [0.2, 0.25) is 0 Å². The van der Waals surface area contributed by atoms with Crippen molar-refractivity contribution in [3.8, 4) is 0 Å². The summed E-state index contributed by atoms with van der Waals surface area (Å²) >= 11 is 0. The summed E-state index contributed by atoms with van der Waals surface area (Å²) in [7, 11) is 0. The van der Waals surface area contributed by atoms with Crippen LogP contribution in [0.3, 0.4) is 0 Å². The van der Waals surface area contributed by atoms with Crippen molar-refractivity contribution in [2.45, 2.75) is 46.2 Å². The molecule has 1 aromatic rings. The van der Waals surface area contributed by atoms with E-state index in [1.165, 1.54) is 6.07 Å². The van der Waals surface area contributed by atoms with E-state index in [0.29, 0.717) is 11.6 Å². The number of hydrogen-bond donors (Lipinski definition) is 1. The van der Waals surface area contributed by atoms with Crippen LogP contribution in [0.4, 0.5) is 10.1 Å². The fraction of sp³-hybridized carbons (Fsp3) is 0.571. The van der Waals surface area contributed by atoms with Crippen molar-refractivity contribution < 1.29 is 4.39 Å². The summed E-state index contributed by atoms with van der Waals surface area (Å²) in [5.74, 6) is -0.209. The van der Waals surface area contributed by atoms with E-state index in [1.54, 1.807) is 6.07 Å². The minimum atomic E-state index is -0.288. The van der Waals surface area contributed by atoms with Crippen LogP contribution in [-0.2, 0) is 0 Å². The molecule has 1 rings (SSSR count). The Bertz CT molecular complexity index is 363. The molecule has 0 aliphatic carbocycles. The average molecular weight is 238 g/mol. The predicted octanol–water partition coefficient (Wildman–Crippen LogP) is 3.47. The second-order valence-electron chi connectivity index (χ2n) is 4.50. The molecule has 0 aliphatic rings. The Kier molecular flexibility index (Phi) is 4.94. The molecule has 0 fully saturated rings. The van der Waals surface area contributed by atoms with Gasteiger partial charge in [0.25, 0.3) is 0 Å². The monoisotopic (exact) mass is 238 g/mol. The number of benzene rings is 1. The van der Waals surface area contributed by atoms with Crippen LogP contribution in [0.15, 0.2) is 18.2 Å². The molecular formula is C14H23FN2. The van der Waals surface area contributed by atoms with Gasteiger partial charge in [0.2, 0.25) is 0 Å². The van der Waals surface area contributed by atoms with E-state index in [4.69, 9.17) is 5.73 Å². The van der Waals surface area contributed by atoms with Crippen LogP contribution in [-0.4, -0.2) is 12.6 Å². The van der Waals surface area contributed by atoms with Gasteiger partial charge in [-0.05, 0) is 39.3 Å². The number of anilines is 1. The minimum absolute atomic E-state index is 0.209. The Morgan fingerprint density at radius 3 is 2.41 bits per heavy atom. The first kappa shape index (κ1) is 14.0. The molecule has 2 atom stereocenters. The van der Waals surface area contributed by atoms with E-state index in [-0.39, 0.29) is 11.9 Å². The molecule has 2 N–H and O–H groups in total. The van der Waals surface area contributed by atoms with Gasteiger partial charge in [-0.3, -0.25) is 0 Å². The van der Waals surface area contributed by atoms with Gasteiger partial charge in [0, 0.05) is 29.9 Å². The zero-order chi connectivity index (χ0) is 13.0. The summed E-state index contributed by atoms with van der Waals surface area (Å²) in [6.45, 7) is 9.06. The van der Waals surface area contributed by atoms with Gasteiger partial charge in [-0.15, -0.1) is 0 Å². The maximum absolute atomic E-state index is 13.9. The van der Waals surface area contributed by atoms with E-state index in [9.17, 15) is 4.39 Å². The van der Waals surface area contributed by atoms with Gasteiger partial charge in [-0.2, -0.15) is 0 Å².